The summed E-state index contributed by atoms with van der Waals surface area (Å²) in [5, 5.41) is 68.2. The van der Waals surface area contributed by atoms with Crippen LogP contribution in [0.5, 0.6) is 23.0 Å². The highest BCUT2D eigenvalue weighted by molar-refractivity contribution is 6.23. The summed E-state index contributed by atoms with van der Waals surface area (Å²) in [6, 6.07) is 8.19. The number of aliphatic hydroxyl groups excluding tert-OH is 2. The number of nitrogens with one attached hydrogen (secondary N) is 1. The van der Waals surface area contributed by atoms with Crippen LogP contribution in [0.4, 0.5) is 5.69 Å². The fourth-order valence-electron chi connectivity index (χ4n) is 9.73. The van der Waals surface area contributed by atoms with Crippen molar-refractivity contribution < 1.29 is 58.9 Å². The van der Waals surface area contributed by atoms with Gasteiger partial charge in [-0.2, -0.15) is 5.10 Å². The Morgan fingerprint density at radius 1 is 0.897 bits per heavy atom. The second kappa shape index (κ2) is 20.7. The van der Waals surface area contributed by atoms with Crippen LogP contribution in [0, 0.1) is 37.5 Å². The molecule has 4 aliphatic heterocycles. The molecular formula is C52H68N4O12. The minimum absolute atomic E-state index is 0.0501. The molecule has 16 nitrogen and oxygen atoms in total. The van der Waals surface area contributed by atoms with Crippen molar-refractivity contribution in [3.8, 4) is 23.0 Å². The predicted octanol–water partition coefficient (Wildman–Crippen LogP) is 6.99. The Labute approximate surface area is 398 Å². The molecule has 3 aromatic rings. The molecule has 16 heteroatoms. The molecule has 0 saturated carbocycles. The number of ketones is 1. The first-order valence-corrected chi connectivity index (χ1v) is 23.2. The number of phenolic OH excluding ortho intramolecular Hbond substituents is 3. The molecule has 4 heterocycles. The Hall–Kier alpha value is -5.94. The molecule has 6 N–H and O–H groups in total. The number of piperazine rings is 1. The van der Waals surface area contributed by atoms with Gasteiger partial charge in [0.1, 0.15) is 23.4 Å². The number of nitrogens with zero attached hydrogens (tertiary/aromatic N) is 3. The zero-order valence-electron chi connectivity index (χ0n) is 41.1. The van der Waals surface area contributed by atoms with Crippen molar-refractivity contribution in [2.45, 2.75) is 125 Å². The quantitative estimate of drug-likeness (QED) is 0.0635. The van der Waals surface area contributed by atoms with E-state index in [-0.39, 0.29) is 56.6 Å². The SMILES string of the molecule is CO[C@H]1/C=C/O[C@@]2(C)Oc3c(C)c(O)c4c(O)c(c(/C=N/N5C(C)CN(Cc6ccc(C)cc6)CC5C)c(O)c4c3C2=O)NC(=O)/C(C)=C\C=C\[C@H](C)[C@H](O)[C@@H](C)[C@@H](O)[C@@H](C)[C@H](OC(C)=O)[C@@H]1C. The molecule has 0 spiro atoms. The Bertz CT molecular complexity index is 2510. The Kier molecular flexibility index (Phi) is 15.7. The van der Waals surface area contributed by atoms with Gasteiger partial charge in [-0.05, 0) is 46.3 Å². The van der Waals surface area contributed by atoms with E-state index in [0.717, 1.165) is 6.54 Å². The average molecular weight is 941 g/mol. The number of hydrogen-bond donors (Lipinski definition) is 6. The minimum Gasteiger partial charge on any atom is -0.507 e. The highest BCUT2D eigenvalue weighted by atomic mass is 16.7. The molecule has 3 aromatic carbocycles. The summed E-state index contributed by atoms with van der Waals surface area (Å²) in [6.45, 7) is 20.7. The van der Waals surface area contributed by atoms with E-state index in [2.05, 4.69) is 34.5 Å². The maximum Gasteiger partial charge on any atom is 0.312 e. The highest BCUT2D eigenvalue weighted by Gasteiger charge is 2.50. The number of ether oxygens (including phenoxy) is 4. The summed E-state index contributed by atoms with van der Waals surface area (Å²) in [7, 11) is 1.44. The first-order valence-electron chi connectivity index (χ1n) is 23.2. The molecule has 1 amide bonds. The van der Waals surface area contributed by atoms with E-state index in [0.29, 0.717) is 13.1 Å². The van der Waals surface area contributed by atoms with E-state index in [4.69, 9.17) is 24.0 Å². The lowest BCUT2D eigenvalue weighted by atomic mass is 9.78. The number of hydrogen-bond acceptors (Lipinski definition) is 15. The molecule has 2 unspecified atom stereocenters. The number of allylic oxidation sites excluding steroid dienone is 2. The smallest absolute Gasteiger partial charge is 0.312 e. The molecule has 5 bridgehead atoms. The van der Waals surface area contributed by atoms with Gasteiger partial charge < -0.3 is 49.8 Å². The number of carbonyl (C=O) groups excluding carboxylic acids is 3. The van der Waals surface area contributed by atoms with Crippen LogP contribution in [-0.4, -0.2) is 122 Å². The number of fused-ring (bicyclic) bond motifs is 14. The molecule has 68 heavy (non-hydrogen) atoms. The van der Waals surface area contributed by atoms with Crippen LogP contribution in [0.15, 0.2) is 65.5 Å². The van der Waals surface area contributed by atoms with Gasteiger partial charge in [0, 0.05) is 80.8 Å². The van der Waals surface area contributed by atoms with Gasteiger partial charge in [0.05, 0.1) is 65.1 Å². The first kappa shape index (κ1) is 51.5. The van der Waals surface area contributed by atoms with E-state index >= 15 is 0 Å². The third-order valence-corrected chi connectivity index (χ3v) is 13.8. The van der Waals surface area contributed by atoms with Gasteiger partial charge in [-0.25, -0.2) is 0 Å². The number of hydrazone groups is 1. The van der Waals surface area contributed by atoms with E-state index in [9.17, 15) is 39.9 Å². The number of Topliss-reactive ketones (excluding diaryl/α,β-unsaturated/α-hetero) is 1. The Morgan fingerprint density at radius 3 is 2.16 bits per heavy atom. The van der Waals surface area contributed by atoms with Crippen molar-refractivity contribution in [3.05, 3.63) is 88.2 Å². The number of carbonyl (C=O) groups is 3. The monoisotopic (exact) mass is 940 g/mol. The fourth-order valence-corrected chi connectivity index (χ4v) is 9.73. The van der Waals surface area contributed by atoms with Crippen LogP contribution >= 0.6 is 0 Å². The second-order valence-corrected chi connectivity index (χ2v) is 19.1. The number of methoxy groups -OCH3 is 1. The lowest BCUT2D eigenvalue weighted by Crippen LogP contribution is -2.54. The highest BCUT2D eigenvalue weighted by Crippen LogP contribution is 2.55. The molecule has 368 valence electrons. The van der Waals surface area contributed by atoms with Gasteiger partial charge in [0.2, 0.25) is 0 Å². The van der Waals surface area contributed by atoms with E-state index in [1.165, 1.54) is 70.6 Å². The molecule has 0 aromatic heterocycles. The number of aliphatic hydroxyl groups is 2. The summed E-state index contributed by atoms with van der Waals surface area (Å²) in [4.78, 5) is 43.4. The molecule has 0 radical (unpaired) electrons. The van der Waals surface area contributed by atoms with Gasteiger partial charge in [-0.15, -0.1) is 0 Å². The van der Waals surface area contributed by atoms with Gasteiger partial charge in [0.15, 0.2) is 5.75 Å². The maximum atomic E-state index is 14.7. The first-order chi connectivity index (χ1) is 32.0. The van der Waals surface area contributed by atoms with Gasteiger partial charge in [0.25, 0.3) is 11.7 Å². The predicted molar refractivity (Wildman–Crippen MR) is 259 cm³/mol. The van der Waals surface area contributed by atoms with Crippen LogP contribution in [0.3, 0.4) is 0 Å². The number of rotatable bonds is 6. The fraction of sp³-hybridized carbons (Fsp3) is 0.500. The lowest BCUT2D eigenvalue weighted by Gasteiger charge is -2.42. The number of benzene rings is 3. The van der Waals surface area contributed by atoms with Gasteiger partial charge >= 0.3 is 11.8 Å². The van der Waals surface area contributed by atoms with Crippen molar-refractivity contribution in [2.24, 2.45) is 28.8 Å². The summed E-state index contributed by atoms with van der Waals surface area (Å²) in [5.41, 5.74) is 1.97. The number of amides is 1. The zero-order chi connectivity index (χ0) is 50.1. The van der Waals surface area contributed by atoms with Crippen LogP contribution in [0.2, 0.25) is 0 Å². The third kappa shape index (κ3) is 10.2. The number of phenols is 3. The van der Waals surface area contributed by atoms with E-state index in [1.54, 1.807) is 39.8 Å². The number of aryl methyl sites for hydroxylation is 1. The largest absolute Gasteiger partial charge is 0.507 e. The molecular weight excluding hydrogens is 873 g/mol. The van der Waals surface area contributed by atoms with Gasteiger partial charge in [-0.3, -0.25) is 24.3 Å². The summed E-state index contributed by atoms with van der Waals surface area (Å²) in [6.07, 6.45) is 4.89. The van der Waals surface area contributed by atoms with E-state index in [1.807, 2.05) is 25.8 Å². The molecule has 7 rings (SSSR count). The molecule has 0 aliphatic carbocycles. The van der Waals surface area contributed by atoms with Crippen LogP contribution in [0.25, 0.3) is 10.8 Å². The maximum absolute atomic E-state index is 14.7. The van der Waals surface area contributed by atoms with Crippen molar-refractivity contribution in [3.63, 3.8) is 0 Å². The topological polar surface area (TPSA) is 220 Å². The van der Waals surface area contributed by atoms with Crippen LogP contribution < -0.4 is 10.1 Å². The summed E-state index contributed by atoms with van der Waals surface area (Å²) < 4.78 is 23.8. The summed E-state index contributed by atoms with van der Waals surface area (Å²) in [5.74, 6) is -8.46. The Morgan fingerprint density at radius 2 is 1.54 bits per heavy atom. The number of aromatic hydroxyl groups is 3. The van der Waals surface area contributed by atoms with Crippen molar-refractivity contribution >= 4 is 40.3 Å². The molecule has 1 fully saturated rings. The minimum atomic E-state index is -2.07. The second-order valence-electron chi connectivity index (χ2n) is 19.1. The van der Waals surface area contributed by atoms with Crippen molar-refractivity contribution in [1.29, 1.82) is 0 Å². The standard InChI is InChI=1S/C52H68N4O12/c1-26-16-18-36(19-17-26)25-55-23-29(4)56(30(5)24-55)53-22-37-42-47(62)40-39(46(37)61)41-49(34(9)45(40)60)68-52(11,50(41)63)66-21-20-38(65-12)31(6)48(67-35(10)57)33(8)44(59)32(7)43(58)27(2)14-13-15-28(3)51(64)54-42/h13-22,27,29-33,38,43-44,48,58-62H,23-25H2,1-12H3,(H,54,64)/b14-13+,21-20+,28-15-,53-22+/t27-,29?,30?,31+,32+,33+,38-,43-,44+,48+,52-/m0/s1. The van der Waals surface area contributed by atoms with Crippen molar-refractivity contribution in [2.75, 3.05) is 25.5 Å². The van der Waals surface area contributed by atoms with Gasteiger partial charge in [-0.1, -0.05) is 75.8 Å². The van der Waals surface area contributed by atoms with Crippen molar-refractivity contribution in [1.82, 2.24) is 9.91 Å². The third-order valence-electron chi connectivity index (χ3n) is 13.8. The molecule has 4 aliphatic rings. The lowest BCUT2D eigenvalue weighted by molar-refractivity contribution is -0.160. The Balaban J connectivity index is 1.48. The number of anilines is 1. The van der Waals surface area contributed by atoms with Crippen LogP contribution in [-0.2, 0) is 30.3 Å². The average Bonchev–Trinajstić information content (AvgIpc) is 3.55. The normalized spacial score (nSPS) is 31.6. The van der Waals surface area contributed by atoms with Crippen LogP contribution in [0.1, 0.15) is 94.9 Å². The molecule has 1 saturated heterocycles. The summed E-state index contributed by atoms with van der Waals surface area (Å²) >= 11 is 0. The zero-order valence-corrected chi connectivity index (χ0v) is 41.1. The molecule has 11 atom stereocenters. The number of esters is 1. The van der Waals surface area contributed by atoms with E-state index < -0.39 is 88.8 Å².